The Balaban J connectivity index is 1.01. The molecule has 0 saturated carbocycles. The summed E-state index contributed by atoms with van der Waals surface area (Å²) in [6.45, 7) is 6.51. The number of rotatable bonds is 7. The molecule has 3 fully saturated rings. The van der Waals surface area contributed by atoms with Crippen LogP contribution in [0.15, 0.2) is 53.5 Å². The highest BCUT2D eigenvalue weighted by Crippen LogP contribution is 2.33. The second kappa shape index (κ2) is 14.0. The molecule has 0 unspecified atom stereocenters. The van der Waals surface area contributed by atoms with Crippen LogP contribution < -0.4 is 5.69 Å². The molecule has 3 aliphatic heterocycles. The summed E-state index contributed by atoms with van der Waals surface area (Å²) in [4.78, 5) is 49.3. The first-order chi connectivity index (χ1) is 23.3. The van der Waals surface area contributed by atoms with Gasteiger partial charge in [-0.15, -0.1) is 5.10 Å². The minimum absolute atomic E-state index is 0.124. The van der Waals surface area contributed by atoms with Crippen molar-refractivity contribution in [1.82, 2.24) is 39.7 Å². The van der Waals surface area contributed by atoms with E-state index < -0.39 is 12.2 Å². The van der Waals surface area contributed by atoms with Gasteiger partial charge in [-0.1, -0.05) is 36.4 Å². The lowest BCUT2D eigenvalue weighted by Gasteiger charge is -2.40. The number of aromatic nitrogens is 5. The second-order valence-electron chi connectivity index (χ2n) is 13.9. The van der Waals surface area contributed by atoms with E-state index in [4.69, 9.17) is 4.74 Å². The number of amides is 2. The van der Waals surface area contributed by atoms with Crippen molar-refractivity contribution in [3.05, 3.63) is 70.3 Å². The van der Waals surface area contributed by atoms with Crippen LogP contribution in [-0.2, 0) is 16.0 Å². The van der Waals surface area contributed by atoms with Crippen LogP contribution in [0.3, 0.4) is 0 Å². The molecule has 2 N–H and O–H groups in total. The summed E-state index contributed by atoms with van der Waals surface area (Å²) in [5.74, 6) is 1.77. The van der Waals surface area contributed by atoms with E-state index >= 15 is 0 Å². The van der Waals surface area contributed by atoms with Crippen molar-refractivity contribution in [1.29, 1.82) is 0 Å². The van der Waals surface area contributed by atoms with Gasteiger partial charge < -0.3 is 19.4 Å². The van der Waals surface area contributed by atoms with E-state index in [1.54, 1.807) is 11.1 Å². The maximum atomic E-state index is 14.1. The number of likely N-dealkylation sites (tertiary alicyclic amines) is 3. The van der Waals surface area contributed by atoms with Crippen molar-refractivity contribution in [3.8, 4) is 11.4 Å². The van der Waals surface area contributed by atoms with Gasteiger partial charge in [-0.3, -0.25) is 14.9 Å². The average molecular weight is 655 g/mol. The summed E-state index contributed by atoms with van der Waals surface area (Å²) in [6.07, 6.45) is 6.22. The Bertz CT molecular complexity index is 1770. The quantitative estimate of drug-likeness (QED) is 0.302. The fraction of sp³-hybridized carbons (Fsp3) is 0.528. The second-order valence-corrected chi connectivity index (χ2v) is 13.9. The number of ether oxygens (including phenoxy) is 1. The number of nitrogens with one attached hydrogen (secondary N) is 2. The summed E-state index contributed by atoms with van der Waals surface area (Å²) >= 11 is 0. The van der Waals surface area contributed by atoms with Crippen molar-refractivity contribution in [2.24, 2.45) is 11.8 Å². The molecule has 2 aromatic heterocycles. The molecule has 7 rings (SSSR count). The molecule has 0 spiro atoms. The van der Waals surface area contributed by atoms with E-state index in [0.29, 0.717) is 57.2 Å². The van der Waals surface area contributed by atoms with Crippen molar-refractivity contribution >= 4 is 22.9 Å². The lowest BCUT2D eigenvalue weighted by Crippen LogP contribution is -2.49. The fourth-order valence-electron chi connectivity index (χ4n) is 7.92. The van der Waals surface area contributed by atoms with E-state index in [1.165, 1.54) is 17.5 Å². The highest BCUT2D eigenvalue weighted by molar-refractivity contribution is 5.85. The third kappa shape index (κ3) is 6.89. The first-order valence-corrected chi connectivity index (χ1v) is 17.4. The minimum atomic E-state index is -0.929. The Morgan fingerprint density at radius 3 is 2.29 bits per heavy atom. The van der Waals surface area contributed by atoms with Gasteiger partial charge >= 0.3 is 11.8 Å². The van der Waals surface area contributed by atoms with Gasteiger partial charge in [0.15, 0.2) is 11.9 Å². The molecule has 2 amide bonds. The largest absolute Gasteiger partial charge is 0.436 e. The zero-order valence-corrected chi connectivity index (χ0v) is 27.9. The van der Waals surface area contributed by atoms with E-state index in [-0.39, 0.29) is 17.6 Å². The van der Waals surface area contributed by atoms with Gasteiger partial charge in [0.05, 0.1) is 17.8 Å². The number of hydrogen-bond acceptors (Lipinski definition) is 7. The first kappa shape index (κ1) is 32.1. The van der Waals surface area contributed by atoms with Crippen LogP contribution in [0.2, 0.25) is 0 Å². The summed E-state index contributed by atoms with van der Waals surface area (Å²) in [7, 11) is 2.19. The zero-order chi connectivity index (χ0) is 33.2. The Hall–Kier alpha value is -4.45. The molecule has 254 valence electrons. The number of carbonyl (C=O) groups excluding carboxylic acids is 2. The lowest BCUT2D eigenvalue weighted by molar-refractivity contribution is -0.142. The first-order valence-electron chi connectivity index (χ1n) is 17.4. The van der Waals surface area contributed by atoms with Gasteiger partial charge in [0.2, 0.25) is 0 Å². The smallest absolute Gasteiger partial charge is 0.410 e. The van der Waals surface area contributed by atoms with E-state index in [9.17, 15) is 14.4 Å². The molecule has 0 bridgehead atoms. The average Bonchev–Trinajstić information content (AvgIpc) is 3.76. The van der Waals surface area contributed by atoms with Gasteiger partial charge in [-0.2, -0.15) is 5.10 Å². The Labute approximate surface area is 280 Å². The fourth-order valence-corrected chi connectivity index (χ4v) is 7.92. The number of fused-ring (bicyclic) bond motifs is 1. The molecule has 12 nitrogen and oxygen atoms in total. The maximum Gasteiger partial charge on any atom is 0.410 e. The Morgan fingerprint density at radius 1 is 0.917 bits per heavy atom. The molecule has 12 heteroatoms. The predicted molar refractivity (Wildman–Crippen MR) is 182 cm³/mol. The van der Waals surface area contributed by atoms with Crippen LogP contribution in [0.1, 0.15) is 55.7 Å². The van der Waals surface area contributed by atoms with Crippen LogP contribution in [0.5, 0.6) is 0 Å². The third-order valence-corrected chi connectivity index (χ3v) is 10.8. The summed E-state index contributed by atoms with van der Waals surface area (Å²) in [5.41, 5.74) is 3.51. The monoisotopic (exact) mass is 654 g/mol. The molecule has 3 saturated heterocycles. The molecular formula is C36H46N8O4. The topological polar surface area (TPSA) is 132 Å². The molecule has 4 aromatic rings. The summed E-state index contributed by atoms with van der Waals surface area (Å²) < 4.78 is 7.60. The standard InChI is InChI=1S/C36H46N8O4/c1-24-20-25(21-29-23-37-39-32(24)29)22-31(34(45)42-16-10-27(11-17-42)26-8-14-41(2)15-9-26)48-36(47)43-18-12-30(13-19-43)44-35(46)38-33(40-44)28-6-4-3-5-7-28/h3-7,20-21,23,26-27,30-31H,8-19,22H2,1-2H3,(H,37,39)(H,38,40,46)/t31-/m1/s1. The molecule has 3 aliphatic rings. The van der Waals surface area contributed by atoms with Gasteiger partial charge in [-0.05, 0) is 94.6 Å². The lowest BCUT2D eigenvalue weighted by atomic mass is 9.79. The normalized spacial score (nSPS) is 19.5. The highest BCUT2D eigenvalue weighted by Gasteiger charge is 2.36. The zero-order valence-electron chi connectivity index (χ0n) is 27.9. The molecule has 5 heterocycles. The Morgan fingerprint density at radius 2 is 1.58 bits per heavy atom. The number of hydrogen-bond donors (Lipinski definition) is 2. The van der Waals surface area contributed by atoms with Gasteiger partial charge in [0.25, 0.3) is 5.91 Å². The van der Waals surface area contributed by atoms with Gasteiger partial charge in [0.1, 0.15) is 0 Å². The minimum Gasteiger partial charge on any atom is -0.436 e. The van der Waals surface area contributed by atoms with Gasteiger partial charge in [-0.25, -0.2) is 14.3 Å². The number of aryl methyl sites for hydroxylation is 1. The van der Waals surface area contributed by atoms with Crippen molar-refractivity contribution in [2.75, 3.05) is 46.3 Å². The predicted octanol–water partition coefficient (Wildman–Crippen LogP) is 4.39. The van der Waals surface area contributed by atoms with Gasteiger partial charge in [0, 0.05) is 43.5 Å². The summed E-state index contributed by atoms with van der Waals surface area (Å²) in [5, 5.41) is 12.7. The van der Waals surface area contributed by atoms with Crippen LogP contribution in [-0.4, -0.2) is 104 Å². The number of piperidine rings is 3. The number of H-pyrrole nitrogens is 2. The molecule has 1 atom stereocenters. The maximum absolute atomic E-state index is 14.1. The van der Waals surface area contributed by atoms with Crippen molar-refractivity contribution in [2.45, 2.75) is 64.0 Å². The number of nitrogens with zero attached hydrogens (tertiary/aromatic N) is 6. The van der Waals surface area contributed by atoms with Crippen molar-refractivity contribution in [3.63, 3.8) is 0 Å². The third-order valence-electron chi connectivity index (χ3n) is 10.8. The number of aromatic amines is 2. The Kier molecular flexibility index (Phi) is 9.34. The van der Waals surface area contributed by atoms with Crippen LogP contribution in [0.25, 0.3) is 22.3 Å². The molecular weight excluding hydrogens is 608 g/mol. The molecule has 2 aromatic carbocycles. The molecule has 0 radical (unpaired) electrons. The van der Waals surface area contributed by atoms with E-state index in [0.717, 1.165) is 59.4 Å². The number of carbonyl (C=O) groups is 2. The van der Waals surface area contributed by atoms with Crippen LogP contribution in [0, 0.1) is 18.8 Å². The van der Waals surface area contributed by atoms with E-state index in [2.05, 4.69) is 32.2 Å². The number of benzene rings is 2. The van der Waals surface area contributed by atoms with Crippen molar-refractivity contribution < 1.29 is 14.3 Å². The van der Waals surface area contributed by atoms with Crippen LogP contribution >= 0.6 is 0 Å². The SMILES string of the molecule is Cc1cc(C[C@@H](OC(=O)N2CCC(n3nc(-c4ccccc4)[nH]c3=O)CC2)C(=O)N2CCC(C3CCN(C)CC3)CC2)cc2cn[nH]c12. The molecule has 0 aliphatic carbocycles. The molecule has 48 heavy (non-hydrogen) atoms. The van der Waals surface area contributed by atoms with E-state index in [1.807, 2.05) is 54.3 Å². The summed E-state index contributed by atoms with van der Waals surface area (Å²) in [6, 6.07) is 13.5. The highest BCUT2D eigenvalue weighted by atomic mass is 16.6. The van der Waals surface area contributed by atoms with Crippen LogP contribution in [0.4, 0.5) is 4.79 Å².